The van der Waals surface area contributed by atoms with E-state index in [9.17, 15) is 9.90 Å². The quantitative estimate of drug-likeness (QED) is 0.591. The number of hydrogen-bond donors (Lipinski definition) is 2. The molecule has 0 radical (unpaired) electrons. The van der Waals surface area contributed by atoms with Gasteiger partial charge in [0.2, 0.25) is 0 Å². The standard InChI is InChI=1S/C14H20N2O2/c1-14(2)5-7-16(8-6-14)13(18)11-9-10(17)3-4-12(11)15/h3-4,9,17H,5-8,15H2,1-2H3. The second kappa shape index (κ2) is 4.52. The summed E-state index contributed by atoms with van der Waals surface area (Å²) < 4.78 is 0. The van der Waals surface area contributed by atoms with E-state index in [1.165, 1.54) is 12.1 Å². The van der Waals surface area contributed by atoms with Crippen LogP contribution in [-0.2, 0) is 0 Å². The van der Waals surface area contributed by atoms with Crippen LogP contribution in [0.15, 0.2) is 18.2 Å². The molecule has 1 amide bonds. The number of phenols is 1. The third-order valence-corrected chi connectivity index (χ3v) is 3.67. The minimum absolute atomic E-state index is 0.0740. The van der Waals surface area contributed by atoms with E-state index >= 15 is 0 Å². The van der Waals surface area contributed by atoms with Gasteiger partial charge in [-0.25, -0.2) is 0 Å². The molecule has 0 bridgehead atoms. The molecular weight excluding hydrogens is 228 g/mol. The van der Waals surface area contributed by atoms with Crippen LogP contribution in [0.4, 0.5) is 5.69 Å². The number of aromatic hydroxyl groups is 1. The van der Waals surface area contributed by atoms with Crippen LogP contribution in [0.25, 0.3) is 0 Å². The van der Waals surface area contributed by atoms with Gasteiger partial charge in [0.25, 0.3) is 5.91 Å². The number of amides is 1. The molecular formula is C14H20N2O2. The lowest BCUT2D eigenvalue weighted by Gasteiger charge is -2.37. The van der Waals surface area contributed by atoms with E-state index in [0.29, 0.717) is 16.7 Å². The summed E-state index contributed by atoms with van der Waals surface area (Å²) in [6, 6.07) is 4.50. The van der Waals surface area contributed by atoms with Crippen LogP contribution < -0.4 is 5.73 Å². The SMILES string of the molecule is CC1(C)CCN(C(=O)c2cc(O)ccc2N)CC1. The Morgan fingerprint density at radius 1 is 1.33 bits per heavy atom. The van der Waals surface area contributed by atoms with E-state index in [0.717, 1.165) is 25.9 Å². The molecule has 0 spiro atoms. The molecule has 1 saturated heterocycles. The molecule has 1 fully saturated rings. The van der Waals surface area contributed by atoms with Crippen LogP contribution in [0.1, 0.15) is 37.0 Å². The predicted molar refractivity (Wildman–Crippen MR) is 71.4 cm³/mol. The highest BCUT2D eigenvalue weighted by atomic mass is 16.3. The van der Waals surface area contributed by atoms with Gasteiger partial charge in [0.05, 0.1) is 5.56 Å². The Hall–Kier alpha value is -1.71. The first-order valence-corrected chi connectivity index (χ1v) is 6.27. The first-order chi connectivity index (χ1) is 8.39. The number of likely N-dealkylation sites (tertiary alicyclic amines) is 1. The van der Waals surface area contributed by atoms with Crippen molar-refractivity contribution < 1.29 is 9.90 Å². The third kappa shape index (κ3) is 2.58. The van der Waals surface area contributed by atoms with Gasteiger partial charge in [0.15, 0.2) is 0 Å². The van der Waals surface area contributed by atoms with Gasteiger partial charge >= 0.3 is 0 Å². The maximum absolute atomic E-state index is 12.3. The Labute approximate surface area is 107 Å². The van der Waals surface area contributed by atoms with Crippen LogP contribution in [0, 0.1) is 5.41 Å². The maximum Gasteiger partial charge on any atom is 0.256 e. The summed E-state index contributed by atoms with van der Waals surface area (Å²) in [7, 11) is 0. The normalized spacial score (nSPS) is 18.7. The third-order valence-electron chi connectivity index (χ3n) is 3.67. The summed E-state index contributed by atoms with van der Waals surface area (Å²) in [6.45, 7) is 5.94. The summed E-state index contributed by atoms with van der Waals surface area (Å²) in [6.07, 6.45) is 1.99. The van der Waals surface area contributed by atoms with E-state index in [4.69, 9.17) is 5.73 Å². The van der Waals surface area contributed by atoms with Crippen molar-refractivity contribution in [2.24, 2.45) is 5.41 Å². The average molecular weight is 248 g/mol. The number of nitrogen functional groups attached to an aromatic ring is 1. The minimum atomic E-state index is -0.0844. The summed E-state index contributed by atoms with van der Waals surface area (Å²) in [4.78, 5) is 14.1. The van der Waals surface area contributed by atoms with Crippen molar-refractivity contribution in [1.82, 2.24) is 4.90 Å². The lowest BCUT2D eigenvalue weighted by molar-refractivity contribution is 0.0631. The van der Waals surface area contributed by atoms with Crippen molar-refractivity contribution in [3.63, 3.8) is 0 Å². The molecule has 1 aromatic rings. The number of anilines is 1. The number of carbonyl (C=O) groups is 1. The Morgan fingerprint density at radius 2 is 1.94 bits per heavy atom. The lowest BCUT2D eigenvalue weighted by atomic mass is 9.82. The highest BCUT2D eigenvalue weighted by Crippen LogP contribution is 2.31. The molecule has 4 heteroatoms. The molecule has 2 rings (SSSR count). The minimum Gasteiger partial charge on any atom is -0.508 e. The first kappa shape index (κ1) is 12.7. The number of nitrogens with two attached hydrogens (primary N) is 1. The van der Waals surface area contributed by atoms with E-state index in [2.05, 4.69) is 13.8 Å². The molecule has 0 aromatic heterocycles. The Morgan fingerprint density at radius 3 is 2.56 bits per heavy atom. The molecule has 0 unspecified atom stereocenters. The summed E-state index contributed by atoms with van der Waals surface area (Å²) >= 11 is 0. The van der Waals surface area contributed by atoms with Crippen LogP contribution in [0.5, 0.6) is 5.75 Å². The van der Waals surface area contributed by atoms with Gasteiger partial charge in [0, 0.05) is 18.8 Å². The lowest BCUT2D eigenvalue weighted by Crippen LogP contribution is -2.41. The number of carbonyl (C=O) groups excluding carboxylic acids is 1. The van der Waals surface area contributed by atoms with E-state index in [1.807, 2.05) is 4.90 Å². The van der Waals surface area contributed by atoms with Gasteiger partial charge in [-0.15, -0.1) is 0 Å². The highest BCUT2D eigenvalue weighted by Gasteiger charge is 2.29. The topological polar surface area (TPSA) is 66.6 Å². The number of piperidine rings is 1. The van der Waals surface area contributed by atoms with Gasteiger partial charge in [-0.1, -0.05) is 13.8 Å². The zero-order chi connectivity index (χ0) is 13.3. The Kier molecular flexibility index (Phi) is 3.20. The van der Waals surface area contributed by atoms with Crippen molar-refractivity contribution in [2.45, 2.75) is 26.7 Å². The molecule has 0 aliphatic carbocycles. The van der Waals surface area contributed by atoms with Crippen molar-refractivity contribution >= 4 is 11.6 Å². The van der Waals surface area contributed by atoms with Crippen molar-refractivity contribution in [3.05, 3.63) is 23.8 Å². The molecule has 1 heterocycles. The van der Waals surface area contributed by atoms with Crippen molar-refractivity contribution in [1.29, 1.82) is 0 Å². The van der Waals surface area contributed by atoms with Crippen LogP contribution >= 0.6 is 0 Å². The molecule has 1 aliphatic rings. The van der Waals surface area contributed by atoms with Crippen LogP contribution in [0.2, 0.25) is 0 Å². The number of hydrogen-bond acceptors (Lipinski definition) is 3. The van der Waals surface area contributed by atoms with E-state index < -0.39 is 0 Å². The fourth-order valence-electron chi connectivity index (χ4n) is 2.21. The molecule has 18 heavy (non-hydrogen) atoms. The summed E-state index contributed by atoms with van der Waals surface area (Å²) in [5.74, 6) is -0.0104. The monoisotopic (exact) mass is 248 g/mol. The van der Waals surface area contributed by atoms with E-state index in [-0.39, 0.29) is 11.7 Å². The molecule has 1 aliphatic heterocycles. The van der Waals surface area contributed by atoms with Gasteiger partial charge in [0.1, 0.15) is 5.75 Å². The Bertz CT molecular complexity index is 459. The smallest absolute Gasteiger partial charge is 0.256 e. The number of benzene rings is 1. The Balaban J connectivity index is 2.15. The molecule has 98 valence electrons. The highest BCUT2D eigenvalue weighted by molar-refractivity contribution is 5.99. The number of rotatable bonds is 1. The van der Waals surface area contributed by atoms with Crippen LogP contribution in [-0.4, -0.2) is 29.0 Å². The average Bonchev–Trinajstić information content (AvgIpc) is 2.31. The van der Waals surface area contributed by atoms with Gasteiger partial charge in [-0.05, 0) is 36.5 Å². The van der Waals surface area contributed by atoms with Gasteiger partial charge in [-0.3, -0.25) is 4.79 Å². The molecule has 4 nitrogen and oxygen atoms in total. The van der Waals surface area contributed by atoms with Crippen molar-refractivity contribution in [3.8, 4) is 5.75 Å². The fraction of sp³-hybridized carbons (Fsp3) is 0.500. The largest absolute Gasteiger partial charge is 0.508 e. The summed E-state index contributed by atoms with van der Waals surface area (Å²) in [5, 5.41) is 9.44. The van der Waals surface area contributed by atoms with Crippen molar-refractivity contribution in [2.75, 3.05) is 18.8 Å². The fourth-order valence-corrected chi connectivity index (χ4v) is 2.21. The second-order valence-corrected chi connectivity index (χ2v) is 5.73. The summed E-state index contributed by atoms with van der Waals surface area (Å²) in [5.41, 5.74) is 6.92. The zero-order valence-corrected chi connectivity index (χ0v) is 10.9. The molecule has 1 aromatic carbocycles. The maximum atomic E-state index is 12.3. The number of phenolic OH excluding ortho intramolecular Hbond substituents is 1. The number of nitrogens with zero attached hydrogens (tertiary/aromatic N) is 1. The second-order valence-electron chi connectivity index (χ2n) is 5.73. The van der Waals surface area contributed by atoms with Gasteiger partial charge < -0.3 is 15.7 Å². The molecule has 0 saturated carbocycles. The van der Waals surface area contributed by atoms with Crippen LogP contribution in [0.3, 0.4) is 0 Å². The predicted octanol–water partition coefficient (Wildman–Crippen LogP) is 2.24. The molecule has 3 N–H and O–H groups in total. The zero-order valence-electron chi connectivity index (χ0n) is 10.9. The molecule has 0 atom stereocenters. The van der Waals surface area contributed by atoms with Gasteiger partial charge in [-0.2, -0.15) is 0 Å². The first-order valence-electron chi connectivity index (χ1n) is 6.27. The van der Waals surface area contributed by atoms with E-state index in [1.54, 1.807) is 6.07 Å².